The number of carbonyl (C=O) groups is 2. The summed E-state index contributed by atoms with van der Waals surface area (Å²) >= 11 is 0. The molecule has 1 heterocycles. The lowest BCUT2D eigenvalue weighted by Gasteiger charge is -2.31. The fourth-order valence-corrected chi connectivity index (χ4v) is 3.82. The molecule has 180 valence electrons. The average Bonchev–Trinajstić information content (AvgIpc) is 2.83. The van der Waals surface area contributed by atoms with Crippen LogP contribution in [0.1, 0.15) is 38.6 Å². The number of carbonyl (C=O) groups excluding carboxylic acids is 2. The van der Waals surface area contributed by atoms with Gasteiger partial charge in [-0.15, -0.1) is 0 Å². The standard InChI is InChI=1S/C26H32N4O4/c1-5-34-24(32)16-15-23(31)29(18-17-28(3)4)19(2)25-27-22-14-10-9-13-21(22)26(33)30(25)20-11-7-6-8-12-20/h6-14,19H,5,15-18H2,1-4H3. The average molecular weight is 465 g/mol. The van der Waals surface area contributed by atoms with Gasteiger partial charge in [-0.25, -0.2) is 4.98 Å². The monoisotopic (exact) mass is 464 g/mol. The molecule has 3 aromatic rings. The minimum Gasteiger partial charge on any atom is -0.466 e. The Labute approximate surface area is 199 Å². The molecule has 0 radical (unpaired) electrons. The number of ether oxygens (including phenoxy) is 1. The smallest absolute Gasteiger partial charge is 0.306 e. The molecule has 1 aromatic heterocycles. The first-order valence-corrected chi connectivity index (χ1v) is 11.5. The van der Waals surface area contributed by atoms with Crippen LogP contribution in [0, 0.1) is 0 Å². The Morgan fingerprint density at radius 3 is 2.35 bits per heavy atom. The minimum atomic E-state index is -0.507. The van der Waals surface area contributed by atoms with Gasteiger partial charge in [0.15, 0.2) is 0 Å². The Morgan fingerprint density at radius 1 is 1.00 bits per heavy atom. The van der Waals surface area contributed by atoms with E-state index in [1.165, 1.54) is 0 Å². The molecule has 0 spiro atoms. The van der Waals surface area contributed by atoms with Crippen LogP contribution in [0.2, 0.25) is 0 Å². The van der Waals surface area contributed by atoms with Crippen molar-refractivity contribution in [2.45, 2.75) is 32.7 Å². The van der Waals surface area contributed by atoms with Crippen LogP contribution in [0.3, 0.4) is 0 Å². The molecule has 0 aliphatic rings. The van der Waals surface area contributed by atoms with Crippen molar-refractivity contribution in [1.29, 1.82) is 0 Å². The largest absolute Gasteiger partial charge is 0.466 e. The lowest BCUT2D eigenvalue weighted by molar-refractivity contribution is -0.146. The molecule has 0 aliphatic heterocycles. The molecule has 2 aromatic carbocycles. The molecular formula is C26H32N4O4. The van der Waals surface area contributed by atoms with Gasteiger partial charge in [0.2, 0.25) is 5.91 Å². The summed E-state index contributed by atoms with van der Waals surface area (Å²) in [6.45, 7) is 4.93. The van der Waals surface area contributed by atoms with Crippen LogP contribution < -0.4 is 5.56 Å². The molecule has 1 unspecified atom stereocenters. The van der Waals surface area contributed by atoms with Crippen molar-refractivity contribution in [2.75, 3.05) is 33.8 Å². The third-order valence-electron chi connectivity index (χ3n) is 5.61. The number of rotatable bonds is 10. The summed E-state index contributed by atoms with van der Waals surface area (Å²) in [5.41, 5.74) is 1.07. The highest BCUT2D eigenvalue weighted by Gasteiger charge is 2.27. The van der Waals surface area contributed by atoms with Gasteiger partial charge in [0.05, 0.1) is 35.7 Å². The number of hydrogen-bond donors (Lipinski definition) is 0. The van der Waals surface area contributed by atoms with E-state index in [1.807, 2.05) is 68.4 Å². The fourth-order valence-electron chi connectivity index (χ4n) is 3.82. The maximum absolute atomic E-state index is 13.5. The molecular weight excluding hydrogens is 432 g/mol. The minimum absolute atomic E-state index is 0.00843. The first-order chi connectivity index (χ1) is 16.3. The molecule has 0 aliphatic carbocycles. The summed E-state index contributed by atoms with van der Waals surface area (Å²) in [4.78, 5) is 47.2. The maximum atomic E-state index is 13.5. The first kappa shape index (κ1) is 25.1. The van der Waals surface area contributed by atoms with Crippen molar-refractivity contribution < 1.29 is 14.3 Å². The molecule has 3 rings (SSSR count). The molecule has 8 nitrogen and oxygen atoms in total. The number of amides is 1. The predicted octanol–water partition coefficient (Wildman–Crippen LogP) is 3.18. The van der Waals surface area contributed by atoms with Gasteiger partial charge in [-0.05, 0) is 52.2 Å². The Balaban J connectivity index is 2.07. The second-order valence-electron chi connectivity index (χ2n) is 8.33. The van der Waals surface area contributed by atoms with Gasteiger partial charge in [0, 0.05) is 19.5 Å². The van der Waals surface area contributed by atoms with E-state index in [4.69, 9.17) is 9.72 Å². The van der Waals surface area contributed by atoms with Crippen molar-refractivity contribution >= 4 is 22.8 Å². The molecule has 0 saturated carbocycles. The summed E-state index contributed by atoms with van der Waals surface area (Å²) < 4.78 is 6.56. The molecule has 34 heavy (non-hydrogen) atoms. The van der Waals surface area contributed by atoms with Crippen molar-refractivity contribution in [2.24, 2.45) is 0 Å². The van der Waals surface area contributed by atoms with Gasteiger partial charge in [-0.3, -0.25) is 19.0 Å². The van der Waals surface area contributed by atoms with Gasteiger partial charge in [-0.1, -0.05) is 30.3 Å². The third-order valence-corrected chi connectivity index (χ3v) is 5.61. The molecule has 1 atom stereocenters. The lowest BCUT2D eigenvalue weighted by Crippen LogP contribution is -2.41. The zero-order chi connectivity index (χ0) is 24.7. The number of para-hydroxylation sites is 2. The summed E-state index contributed by atoms with van der Waals surface area (Å²) in [7, 11) is 3.86. The summed E-state index contributed by atoms with van der Waals surface area (Å²) in [6, 6.07) is 16.0. The van der Waals surface area contributed by atoms with Crippen molar-refractivity contribution in [3.8, 4) is 5.69 Å². The van der Waals surface area contributed by atoms with Crippen LogP contribution in [-0.2, 0) is 14.3 Å². The van der Waals surface area contributed by atoms with E-state index in [2.05, 4.69) is 0 Å². The van der Waals surface area contributed by atoms with Crippen LogP contribution in [0.25, 0.3) is 16.6 Å². The first-order valence-electron chi connectivity index (χ1n) is 11.5. The Hall–Kier alpha value is -3.52. The van der Waals surface area contributed by atoms with Crippen LogP contribution in [0.5, 0.6) is 0 Å². The van der Waals surface area contributed by atoms with E-state index in [1.54, 1.807) is 28.5 Å². The Bertz CT molecular complexity index is 1190. The van der Waals surface area contributed by atoms with Gasteiger partial charge < -0.3 is 14.5 Å². The number of esters is 1. The molecule has 0 bridgehead atoms. The molecule has 0 saturated heterocycles. The van der Waals surface area contributed by atoms with Crippen molar-refractivity contribution in [1.82, 2.24) is 19.4 Å². The Morgan fingerprint density at radius 2 is 1.68 bits per heavy atom. The number of fused-ring (bicyclic) bond motifs is 1. The number of hydrogen-bond acceptors (Lipinski definition) is 6. The zero-order valence-electron chi connectivity index (χ0n) is 20.2. The quantitative estimate of drug-likeness (QED) is 0.429. The normalized spacial score (nSPS) is 12.0. The van der Waals surface area contributed by atoms with E-state index in [0.717, 1.165) is 0 Å². The van der Waals surface area contributed by atoms with Crippen LogP contribution in [0.4, 0.5) is 0 Å². The van der Waals surface area contributed by atoms with Gasteiger partial charge in [0.1, 0.15) is 5.82 Å². The number of likely N-dealkylation sites (N-methyl/N-ethyl adjacent to an activating group) is 1. The van der Waals surface area contributed by atoms with Crippen LogP contribution in [-0.4, -0.2) is 65.0 Å². The number of benzene rings is 2. The van der Waals surface area contributed by atoms with E-state index in [-0.39, 0.29) is 30.9 Å². The topological polar surface area (TPSA) is 84.7 Å². The van der Waals surface area contributed by atoms with Crippen molar-refractivity contribution in [3.05, 3.63) is 70.8 Å². The van der Waals surface area contributed by atoms with E-state index < -0.39 is 12.0 Å². The number of nitrogens with zero attached hydrogens (tertiary/aromatic N) is 4. The van der Waals surface area contributed by atoms with Gasteiger partial charge in [0.25, 0.3) is 5.56 Å². The van der Waals surface area contributed by atoms with Gasteiger partial charge >= 0.3 is 5.97 Å². The van der Waals surface area contributed by atoms with E-state index in [0.29, 0.717) is 35.5 Å². The summed E-state index contributed by atoms with van der Waals surface area (Å²) in [6.07, 6.45) is 0.0360. The second-order valence-corrected chi connectivity index (χ2v) is 8.33. The SMILES string of the molecule is CCOC(=O)CCC(=O)N(CCN(C)C)C(C)c1nc2ccccc2c(=O)n1-c1ccccc1. The molecule has 0 N–H and O–H groups in total. The van der Waals surface area contributed by atoms with E-state index >= 15 is 0 Å². The zero-order valence-corrected chi connectivity index (χ0v) is 20.2. The third kappa shape index (κ3) is 5.88. The fraction of sp³-hybridized carbons (Fsp3) is 0.385. The van der Waals surface area contributed by atoms with E-state index in [9.17, 15) is 14.4 Å². The molecule has 0 fully saturated rings. The van der Waals surface area contributed by atoms with Crippen LogP contribution >= 0.6 is 0 Å². The summed E-state index contributed by atoms with van der Waals surface area (Å²) in [5, 5.41) is 0.510. The highest BCUT2D eigenvalue weighted by Crippen LogP contribution is 2.23. The van der Waals surface area contributed by atoms with Crippen molar-refractivity contribution in [3.63, 3.8) is 0 Å². The lowest BCUT2D eigenvalue weighted by atomic mass is 10.1. The maximum Gasteiger partial charge on any atom is 0.306 e. The summed E-state index contributed by atoms with van der Waals surface area (Å²) in [5.74, 6) is -0.122. The predicted molar refractivity (Wildman–Crippen MR) is 132 cm³/mol. The highest BCUT2D eigenvalue weighted by molar-refractivity contribution is 5.82. The molecule has 8 heteroatoms. The van der Waals surface area contributed by atoms with Gasteiger partial charge in [-0.2, -0.15) is 0 Å². The number of aromatic nitrogens is 2. The Kier molecular flexibility index (Phi) is 8.54. The second kappa shape index (κ2) is 11.6. The molecule has 1 amide bonds. The highest BCUT2D eigenvalue weighted by atomic mass is 16.5. The van der Waals surface area contributed by atoms with Crippen LogP contribution in [0.15, 0.2) is 59.4 Å².